The van der Waals surface area contributed by atoms with Gasteiger partial charge in [0.15, 0.2) is 5.75 Å². The van der Waals surface area contributed by atoms with E-state index in [9.17, 15) is 5.11 Å². The minimum Gasteiger partial charge on any atom is -0.505 e. The molecule has 16 heavy (non-hydrogen) atoms. The predicted octanol–water partition coefficient (Wildman–Crippen LogP) is 3.15. The van der Waals surface area contributed by atoms with E-state index in [1.807, 2.05) is 25.1 Å². The van der Waals surface area contributed by atoms with Gasteiger partial charge in [0.2, 0.25) is 0 Å². The predicted molar refractivity (Wildman–Crippen MR) is 65.2 cm³/mol. The van der Waals surface area contributed by atoms with Crippen LogP contribution in [0.1, 0.15) is 5.56 Å². The number of rotatable bonds is 1. The molecule has 4 heteroatoms. The molecule has 0 unspecified atom stereocenters. The molecule has 0 saturated heterocycles. The summed E-state index contributed by atoms with van der Waals surface area (Å²) in [5, 5.41) is 19.3. The van der Waals surface area contributed by atoms with Gasteiger partial charge < -0.3 is 10.8 Å². The van der Waals surface area contributed by atoms with Crippen molar-refractivity contribution in [1.29, 1.82) is 0 Å². The van der Waals surface area contributed by atoms with Gasteiger partial charge in [-0.1, -0.05) is 12.1 Å². The average Bonchev–Trinajstić information content (AvgIpc) is 2.24. The molecule has 0 saturated carbocycles. The Balaban J connectivity index is 2.91. The highest BCUT2D eigenvalue weighted by molar-refractivity contribution is 6.01. The van der Waals surface area contributed by atoms with Crippen molar-refractivity contribution in [2.24, 2.45) is 10.2 Å². The molecule has 0 radical (unpaired) electrons. The van der Waals surface area contributed by atoms with Gasteiger partial charge in [-0.25, -0.2) is 0 Å². The summed E-state index contributed by atoms with van der Waals surface area (Å²) < 4.78 is 0. The molecule has 0 aliphatic rings. The summed E-state index contributed by atoms with van der Waals surface area (Å²) in [6.07, 6.45) is 0. The molecule has 0 heterocycles. The highest BCUT2D eigenvalue weighted by atomic mass is 16.3. The van der Waals surface area contributed by atoms with Crippen LogP contribution in [-0.2, 0) is 0 Å². The third kappa shape index (κ3) is 1.48. The van der Waals surface area contributed by atoms with Crippen LogP contribution in [0.3, 0.4) is 0 Å². The van der Waals surface area contributed by atoms with Gasteiger partial charge in [-0.2, -0.15) is 10.2 Å². The average molecular weight is 215 g/mol. The van der Waals surface area contributed by atoms with Crippen LogP contribution in [0.5, 0.6) is 5.75 Å². The Kier molecular flexibility index (Phi) is 2.48. The van der Waals surface area contributed by atoms with Crippen molar-refractivity contribution in [2.45, 2.75) is 6.92 Å². The Hall–Kier alpha value is -2.10. The number of nitrogens with zero attached hydrogens (tertiary/aromatic N) is 2. The van der Waals surface area contributed by atoms with E-state index in [1.165, 1.54) is 0 Å². The van der Waals surface area contributed by atoms with Crippen molar-refractivity contribution in [1.82, 2.24) is 0 Å². The first-order valence-electron chi connectivity index (χ1n) is 4.95. The minimum absolute atomic E-state index is 0.0960. The zero-order valence-corrected chi connectivity index (χ0v) is 9.23. The molecule has 0 atom stereocenters. The largest absolute Gasteiger partial charge is 0.505 e. The van der Waals surface area contributed by atoms with E-state index in [1.54, 1.807) is 13.1 Å². The van der Waals surface area contributed by atoms with E-state index in [4.69, 9.17) is 5.73 Å². The lowest BCUT2D eigenvalue weighted by Crippen LogP contribution is -1.88. The SMILES string of the molecule is C/N=N/c1c(C)cc2cccc(N)c2c1O. The van der Waals surface area contributed by atoms with Crippen LogP contribution in [0.2, 0.25) is 0 Å². The first-order valence-corrected chi connectivity index (χ1v) is 4.95. The molecule has 0 amide bonds. The normalized spacial score (nSPS) is 11.4. The van der Waals surface area contributed by atoms with Gasteiger partial charge in [0, 0.05) is 18.1 Å². The summed E-state index contributed by atoms with van der Waals surface area (Å²) >= 11 is 0. The van der Waals surface area contributed by atoms with Gasteiger partial charge in [0.25, 0.3) is 0 Å². The summed E-state index contributed by atoms with van der Waals surface area (Å²) in [5.74, 6) is 0.0960. The standard InChI is InChI=1S/C12H13N3O/c1-7-6-8-4-3-5-9(13)10(8)12(16)11(7)15-14-2/h3-6,16H,13H2,1-2H3/b15-14+. The smallest absolute Gasteiger partial charge is 0.153 e. The number of aryl methyl sites for hydroxylation is 1. The van der Waals surface area contributed by atoms with E-state index in [0.29, 0.717) is 16.8 Å². The fraction of sp³-hybridized carbons (Fsp3) is 0.167. The van der Waals surface area contributed by atoms with Crippen LogP contribution in [0.15, 0.2) is 34.5 Å². The van der Waals surface area contributed by atoms with Crippen LogP contribution in [0.25, 0.3) is 10.8 Å². The summed E-state index contributed by atoms with van der Waals surface area (Å²) in [6, 6.07) is 7.46. The lowest BCUT2D eigenvalue weighted by molar-refractivity contribution is 0.482. The Bertz CT molecular complexity index is 576. The van der Waals surface area contributed by atoms with Crippen molar-refractivity contribution in [2.75, 3.05) is 12.8 Å². The van der Waals surface area contributed by atoms with Gasteiger partial charge in [-0.15, -0.1) is 0 Å². The summed E-state index contributed by atoms with van der Waals surface area (Å²) in [7, 11) is 1.57. The first-order chi connectivity index (χ1) is 7.65. The second-order valence-corrected chi connectivity index (χ2v) is 3.64. The zero-order chi connectivity index (χ0) is 11.7. The quantitative estimate of drug-likeness (QED) is 0.566. The Morgan fingerprint density at radius 2 is 2.06 bits per heavy atom. The maximum atomic E-state index is 10.1. The fourth-order valence-electron chi connectivity index (χ4n) is 1.82. The van der Waals surface area contributed by atoms with E-state index >= 15 is 0 Å². The third-order valence-corrected chi connectivity index (χ3v) is 2.54. The van der Waals surface area contributed by atoms with Crippen LogP contribution < -0.4 is 5.73 Å². The Morgan fingerprint density at radius 1 is 1.31 bits per heavy atom. The van der Waals surface area contributed by atoms with E-state index in [-0.39, 0.29) is 5.75 Å². The number of phenolic OH excluding ortho intramolecular Hbond substituents is 1. The fourth-order valence-corrected chi connectivity index (χ4v) is 1.82. The van der Waals surface area contributed by atoms with Crippen molar-refractivity contribution in [3.8, 4) is 5.75 Å². The number of hydrogen-bond donors (Lipinski definition) is 2. The van der Waals surface area contributed by atoms with Gasteiger partial charge in [-0.3, -0.25) is 0 Å². The number of nitrogens with two attached hydrogens (primary N) is 1. The van der Waals surface area contributed by atoms with Crippen LogP contribution in [0, 0.1) is 6.92 Å². The monoisotopic (exact) mass is 215 g/mol. The van der Waals surface area contributed by atoms with Gasteiger partial charge >= 0.3 is 0 Å². The van der Waals surface area contributed by atoms with Crippen molar-refractivity contribution < 1.29 is 5.11 Å². The lowest BCUT2D eigenvalue weighted by Gasteiger charge is -2.09. The van der Waals surface area contributed by atoms with Crippen molar-refractivity contribution in [3.63, 3.8) is 0 Å². The molecule has 82 valence electrons. The molecule has 0 aliphatic carbocycles. The molecule has 2 aromatic carbocycles. The second-order valence-electron chi connectivity index (χ2n) is 3.64. The van der Waals surface area contributed by atoms with Crippen molar-refractivity contribution >= 4 is 22.1 Å². The van der Waals surface area contributed by atoms with Crippen molar-refractivity contribution in [3.05, 3.63) is 29.8 Å². The molecular formula is C12H13N3O. The number of anilines is 1. The highest BCUT2D eigenvalue weighted by Crippen LogP contribution is 2.40. The van der Waals surface area contributed by atoms with E-state index in [0.717, 1.165) is 10.9 Å². The topological polar surface area (TPSA) is 71.0 Å². The maximum Gasteiger partial charge on any atom is 0.153 e. The molecule has 0 aliphatic heterocycles. The molecule has 2 rings (SSSR count). The third-order valence-electron chi connectivity index (χ3n) is 2.54. The Morgan fingerprint density at radius 3 is 2.75 bits per heavy atom. The highest BCUT2D eigenvalue weighted by Gasteiger charge is 2.11. The van der Waals surface area contributed by atoms with Crippen LogP contribution in [-0.4, -0.2) is 12.2 Å². The number of nitrogen functional groups attached to an aromatic ring is 1. The molecule has 0 bridgehead atoms. The number of fused-ring (bicyclic) bond motifs is 1. The first kappa shape index (κ1) is 10.4. The van der Waals surface area contributed by atoms with Gasteiger partial charge in [-0.05, 0) is 30.0 Å². The number of benzene rings is 2. The molecule has 4 nitrogen and oxygen atoms in total. The Labute approximate surface area is 93.4 Å². The number of hydrogen-bond acceptors (Lipinski definition) is 4. The minimum atomic E-state index is 0.0960. The van der Waals surface area contributed by atoms with Gasteiger partial charge in [0.05, 0.1) is 0 Å². The molecule has 0 spiro atoms. The molecule has 0 fully saturated rings. The molecular weight excluding hydrogens is 202 g/mol. The molecule has 2 aromatic rings. The second kappa shape index (κ2) is 3.81. The summed E-state index contributed by atoms with van der Waals surface area (Å²) in [5.41, 5.74) is 7.74. The summed E-state index contributed by atoms with van der Waals surface area (Å²) in [6.45, 7) is 1.88. The number of phenols is 1. The molecule has 3 N–H and O–H groups in total. The van der Waals surface area contributed by atoms with Gasteiger partial charge in [0.1, 0.15) is 5.69 Å². The summed E-state index contributed by atoms with van der Waals surface area (Å²) in [4.78, 5) is 0. The zero-order valence-electron chi connectivity index (χ0n) is 9.23. The van der Waals surface area contributed by atoms with Crippen LogP contribution in [0.4, 0.5) is 11.4 Å². The number of aromatic hydroxyl groups is 1. The van der Waals surface area contributed by atoms with E-state index in [2.05, 4.69) is 10.2 Å². The van der Waals surface area contributed by atoms with Crippen LogP contribution >= 0.6 is 0 Å². The maximum absolute atomic E-state index is 10.1. The molecule has 0 aromatic heterocycles. The lowest BCUT2D eigenvalue weighted by atomic mass is 10.0. The number of azo groups is 1. The van der Waals surface area contributed by atoms with E-state index < -0.39 is 0 Å².